The number of nitrogens with one attached hydrogen (secondary N) is 1. The Labute approximate surface area is 156 Å². The summed E-state index contributed by atoms with van der Waals surface area (Å²) >= 11 is 5.96. The van der Waals surface area contributed by atoms with Crippen molar-refractivity contribution in [1.29, 1.82) is 0 Å². The highest BCUT2D eigenvalue weighted by atomic mass is 35.5. The molecule has 7 heteroatoms. The number of amides is 1. The van der Waals surface area contributed by atoms with Crippen LogP contribution < -0.4 is 10.1 Å². The van der Waals surface area contributed by atoms with E-state index in [2.05, 4.69) is 15.5 Å². The zero-order valence-electron chi connectivity index (χ0n) is 14.5. The lowest BCUT2D eigenvalue weighted by molar-refractivity contribution is -0.116. The van der Waals surface area contributed by atoms with Gasteiger partial charge < -0.3 is 14.5 Å². The summed E-state index contributed by atoms with van der Waals surface area (Å²) in [7, 11) is 1.60. The van der Waals surface area contributed by atoms with Gasteiger partial charge in [-0.25, -0.2) is 0 Å². The summed E-state index contributed by atoms with van der Waals surface area (Å²) in [6.45, 7) is 1.91. The van der Waals surface area contributed by atoms with Crippen LogP contribution >= 0.6 is 11.6 Å². The highest BCUT2D eigenvalue weighted by Gasteiger charge is 2.12. The molecular formula is C19H18ClN3O3. The minimum absolute atomic E-state index is 0.142. The number of aryl methyl sites for hydroxylation is 2. The molecule has 1 amide bonds. The number of ether oxygens (including phenoxy) is 1. The van der Waals surface area contributed by atoms with Crippen molar-refractivity contribution in [3.8, 4) is 17.2 Å². The Morgan fingerprint density at radius 2 is 2.08 bits per heavy atom. The van der Waals surface area contributed by atoms with Crippen LogP contribution in [0, 0.1) is 6.92 Å². The number of hydrogen-bond acceptors (Lipinski definition) is 5. The van der Waals surface area contributed by atoms with Gasteiger partial charge in [0.05, 0.1) is 7.11 Å². The first-order valence-electron chi connectivity index (χ1n) is 8.08. The minimum atomic E-state index is -0.142. The van der Waals surface area contributed by atoms with E-state index in [9.17, 15) is 4.79 Å². The van der Waals surface area contributed by atoms with Crippen molar-refractivity contribution < 1.29 is 13.9 Å². The Bertz CT molecular complexity index is 924. The van der Waals surface area contributed by atoms with Gasteiger partial charge in [0.15, 0.2) is 0 Å². The fourth-order valence-electron chi connectivity index (χ4n) is 2.39. The first-order chi connectivity index (χ1) is 12.5. The topological polar surface area (TPSA) is 77.2 Å². The summed E-state index contributed by atoms with van der Waals surface area (Å²) in [5, 5.41) is 11.4. The van der Waals surface area contributed by atoms with Crippen molar-refractivity contribution in [3.63, 3.8) is 0 Å². The summed E-state index contributed by atoms with van der Waals surface area (Å²) in [6.07, 6.45) is 0.577. The van der Waals surface area contributed by atoms with Crippen LogP contribution in [-0.4, -0.2) is 23.2 Å². The van der Waals surface area contributed by atoms with E-state index in [0.29, 0.717) is 34.7 Å². The first-order valence-corrected chi connectivity index (χ1v) is 8.46. The molecule has 3 rings (SSSR count). The third-order valence-corrected chi connectivity index (χ3v) is 4.06. The Kier molecular flexibility index (Phi) is 5.53. The lowest BCUT2D eigenvalue weighted by Gasteiger charge is -2.08. The van der Waals surface area contributed by atoms with Gasteiger partial charge in [0.25, 0.3) is 0 Å². The van der Waals surface area contributed by atoms with Crippen molar-refractivity contribution in [1.82, 2.24) is 10.2 Å². The Balaban J connectivity index is 1.61. The van der Waals surface area contributed by atoms with Gasteiger partial charge in [-0.15, -0.1) is 10.2 Å². The molecule has 0 aliphatic heterocycles. The molecule has 0 spiro atoms. The van der Waals surface area contributed by atoms with E-state index in [1.54, 1.807) is 19.2 Å². The van der Waals surface area contributed by atoms with Crippen LogP contribution in [0.25, 0.3) is 11.5 Å². The molecule has 6 nitrogen and oxygen atoms in total. The highest BCUT2D eigenvalue weighted by molar-refractivity contribution is 6.31. The van der Waals surface area contributed by atoms with E-state index in [0.717, 1.165) is 11.1 Å². The lowest BCUT2D eigenvalue weighted by Crippen LogP contribution is -2.13. The van der Waals surface area contributed by atoms with Crippen LogP contribution in [0.3, 0.4) is 0 Å². The molecule has 0 unspecified atom stereocenters. The van der Waals surface area contributed by atoms with Crippen LogP contribution in [0.5, 0.6) is 5.75 Å². The van der Waals surface area contributed by atoms with Crippen molar-refractivity contribution >= 4 is 23.2 Å². The van der Waals surface area contributed by atoms with E-state index in [4.69, 9.17) is 20.8 Å². The normalized spacial score (nSPS) is 10.6. The molecule has 0 fully saturated rings. The van der Waals surface area contributed by atoms with Crippen LogP contribution in [-0.2, 0) is 11.2 Å². The summed E-state index contributed by atoms with van der Waals surface area (Å²) in [5.74, 6) is 1.36. The summed E-state index contributed by atoms with van der Waals surface area (Å²) in [6, 6.07) is 12.7. The van der Waals surface area contributed by atoms with Gasteiger partial charge in [0.1, 0.15) is 5.75 Å². The van der Waals surface area contributed by atoms with Gasteiger partial charge in [0, 0.05) is 29.1 Å². The molecule has 2 aromatic carbocycles. The van der Waals surface area contributed by atoms with E-state index in [1.807, 2.05) is 37.3 Å². The number of benzene rings is 2. The van der Waals surface area contributed by atoms with Crippen molar-refractivity contribution in [2.24, 2.45) is 0 Å². The molecule has 0 aliphatic carbocycles. The molecule has 3 aromatic rings. The largest absolute Gasteiger partial charge is 0.497 e. The quantitative estimate of drug-likeness (QED) is 0.699. The highest BCUT2D eigenvalue weighted by Crippen LogP contribution is 2.23. The molecule has 1 aromatic heterocycles. The second-order valence-electron chi connectivity index (χ2n) is 5.74. The molecule has 0 saturated carbocycles. The molecule has 1 heterocycles. The third kappa shape index (κ3) is 4.40. The number of aromatic nitrogens is 2. The van der Waals surface area contributed by atoms with Gasteiger partial charge >= 0.3 is 0 Å². The smallest absolute Gasteiger partial charge is 0.247 e. The molecular weight excluding hydrogens is 354 g/mol. The fourth-order valence-corrected chi connectivity index (χ4v) is 2.56. The lowest BCUT2D eigenvalue weighted by atomic mass is 10.2. The maximum atomic E-state index is 12.1. The fraction of sp³-hybridized carbons (Fsp3) is 0.211. The van der Waals surface area contributed by atoms with Crippen molar-refractivity contribution in [2.45, 2.75) is 19.8 Å². The number of anilines is 1. The maximum absolute atomic E-state index is 12.1. The van der Waals surface area contributed by atoms with Gasteiger partial charge in [0.2, 0.25) is 17.7 Å². The monoisotopic (exact) mass is 371 g/mol. The predicted octanol–water partition coefficient (Wildman–Crippen LogP) is 4.28. The minimum Gasteiger partial charge on any atom is -0.497 e. The van der Waals surface area contributed by atoms with E-state index in [1.165, 1.54) is 0 Å². The number of halogens is 1. The average Bonchev–Trinajstić information content (AvgIpc) is 3.12. The summed E-state index contributed by atoms with van der Waals surface area (Å²) in [4.78, 5) is 12.1. The molecule has 0 aliphatic rings. The maximum Gasteiger partial charge on any atom is 0.247 e. The summed E-state index contributed by atoms with van der Waals surface area (Å²) < 4.78 is 10.8. The van der Waals surface area contributed by atoms with Gasteiger partial charge in [-0.05, 0) is 42.8 Å². The van der Waals surface area contributed by atoms with Crippen LogP contribution in [0.2, 0.25) is 5.02 Å². The van der Waals surface area contributed by atoms with Crippen LogP contribution in [0.1, 0.15) is 17.9 Å². The number of rotatable bonds is 6. The van der Waals surface area contributed by atoms with E-state index >= 15 is 0 Å². The van der Waals surface area contributed by atoms with Crippen molar-refractivity contribution in [3.05, 3.63) is 58.9 Å². The molecule has 0 radical (unpaired) electrons. The number of methoxy groups -OCH3 is 1. The van der Waals surface area contributed by atoms with Crippen LogP contribution in [0.15, 0.2) is 46.9 Å². The molecule has 1 N–H and O–H groups in total. The number of carbonyl (C=O) groups excluding carboxylic acids is 1. The zero-order valence-corrected chi connectivity index (χ0v) is 15.2. The first kappa shape index (κ1) is 17.9. The second-order valence-corrected chi connectivity index (χ2v) is 6.18. The van der Waals surface area contributed by atoms with E-state index in [-0.39, 0.29) is 12.3 Å². The van der Waals surface area contributed by atoms with Gasteiger partial charge in [-0.2, -0.15) is 0 Å². The SMILES string of the molecule is COc1cccc(-c2nnc(CCC(=O)Nc3cc(Cl)ccc3C)o2)c1. The Morgan fingerprint density at radius 3 is 2.88 bits per heavy atom. The van der Waals surface area contributed by atoms with Gasteiger partial charge in [-0.1, -0.05) is 23.7 Å². The summed E-state index contributed by atoms with van der Waals surface area (Å²) in [5.41, 5.74) is 2.41. The predicted molar refractivity (Wildman–Crippen MR) is 99.4 cm³/mol. The molecule has 0 saturated heterocycles. The molecule has 134 valence electrons. The standard InChI is InChI=1S/C19H18ClN3O3/c1-12-6-7-14(20)11-16(12)21-17(24)8-9-18-22-23-19(26-18)13-4-3-5-15(10-13)25-2/h3-7,10-11H,8-9H2,1-2H3,(H,21,24). The average molecular weight is 372 g/mol. The van der Waals surface area contributed by atoms with Crippen LogP contribution in [0.4, 0.5) is 5.69 Å². The number of hydrogen-bond donors (Lipinski definition) is 1. The van der Waals surface area contributed by atoms with E-state index < -0.39 is 0 Å². The number of carbonyl (C=O) groups is 1. The second kappa shape index (κ2) is 8.01. The number of nitrogens with zero attached hydrogens (tertiary/aromatic N) is 2. The Hall–Kier alpha value is -2.86. The third-order valence-electron chi connectivity index (χ3n) is 3.82. The van der Waals surface area contributed by atoms with Gasteiger partial charge in [-0.3, -0.25) is 4.79 Å². The molecule has 0 atom stereocenters. The van der Waals surface area contributed by atoms with Crippen molar-refractivity contribution in [2.75, 3.05) is 12.4 Å². The Morgan fingerprint density at radius 1 is 1.23 bits per heavy atom. The molecule has 0 bridgehead atoms. The molecule has 26 heavy (non-hydrogen) atoms. The zero-order chi connectivity index (χ0) is 18.5.